The highest BCUT2D eigenvalue weighted by atomic mass is 127. The second-order valence-electron chi connectivity index (χ2n) is 2.44. The van der Waals surface area contributed by atoms with E-state index < -0.39 is 0 Å². The maximum absolute atomic E-state index is 11.2. The van der Waals surface area contributed by atoms with E-state index in [-0.39, 0.29) is 5.63 Å². The Hall–Kier alpha value is -0.840. The third-order valence-corrected chi connectivity index (χ3v) is 2.33. The van der Waals surface area contributed by atoms with Gasteiger partial charge in [-0.3, -0.25) is 0 Å². The monoisotopic (exact) mass is 272 g/mol. The minimum Gasteiger partial charge on any atom is -0.431 e. The predicted molar refractivity (Wildman–Crippen MR) is 55.2 cm³/mol. The molecule has 0 saturated heterocycles. The average molecular weight is 272 g/mol. The number of hydrogen-bond acceptors (Lipinski definition) is 2. The van der Waals surface area contributed by atoms with Crippen molar-refractivity contribution in [3.63, 3.8) is 0 Å². The van der Waals surface area contributed by atoms with Crippen LogP contribution in [0.5, 0.6) is 0 Å². The Bertz CT molecular complexity index is 473. The Balaban J connectivity index is 2.98. The van der Waals surface area contributed by atoms with Crippen molar-refractivity contribution in [1.29, 1.82) is 0 Å². The summed E-state index contributed by atoms with van der Waals surface area (Å²) >= 11 is 2.16. The molecule has 0 radical (unpaired) electrons. The highest BCUT2D eigenvalue weighted by molar-refractivity contribution is 14.1. The van der Waals surface area contributed by atoms with Gasteiger partial charge in [-0.1, -0.05) is 6.07 Å². The standard InChI is InChI=1S/C9H5IO2/c10-7-2-1-6-3-4-12-9(11)8(6)5-7/h1-5H. The van der Waals surface area contributed by atoms with Gasteiger partial charge in [0.15, 0.2) is 0 Å². The fourth-order valence-corrected chi connectivity index (χ4v) is 1.57. The molecule has 0 aliphatic carbocycles. The molecule has 1 aromatic heterocycles. The molecule has 1 aromatic carbocycles. The molecular formula is C9H5IO2. The zero-order chi connectivity index (χ0) is 8.55. The Morgan fingerprint density at radius 2 is 2.08 bits per heavy atom. The van der Waals surface area contributed by atoms with Crippen molar-refractivity contribution in [3.8, 4) is 0 Å². The van der Waals surface area contributed by atoms with Crippen LogP contribution < -0.4 is 5.63 Å². The van der Waals surface area contributed by atoms with E-state index in [2.05, 4.69) is 22.6 Å². The van der Waals surface area contributed by atoms with Crippen molar-refractivity contribution in [2.45, 2.75) is 0 Å². The van der Waals surface area contributed by atoms with Crippen LogP contribution in [0.3, 0.4) is 0 Å². The summed E-state index contributed by atoms with van der Waals surface area (Å²) in [4.78, 5) is 11.2. The van der Waals surface area contributed by atoms with Crippen molar-refractivity contribution < 1.29 is 4.42 Å². The third kappa shape index (κ3) is 1.24. The Labute approximate surface area is 82.3 Å². The van der Waals surface area contributed by atoms with E-state index in [0.717, 1.165) is 8.96 Å². The van der Waals surface area contributed by atoms with Crippen LogP contribution in [0.15, 0.2) is 39.7 Å². The summed E-state index contributed by atoms with van der Waals surface area (Å²) in [6.07, 6.45) is 1.41. The number of rotatable bonds is 0. The summed E-state index contributed by atoms with van der Waals surface area (Å²) in [5, 5.41) is 1.57. The molecule has 0 amide bonds. The average Bonchev–Trinajstić information content (AvgIpc) is 2.07. The van der Waals surface area contributed by atoms with Gasteiger partial charge in [-0.05, 0) is 46.2 Å². The molecule has 0 unspecified atom stereocenters. The zero-order valence-electron chi connectivity index (χ0n) is 6.08. The summed E-state index contributed by atoms with van der Waals surface area (Å²) in [6.45, 7) is 0. The maximum atomic E-state index is 11.2. The van der Waals surface area contributed by atoms with E-state index in [1.807, 2.05) is 18.2 Å². The molecule has 60 valence electrons. The number of fused-ring (bicyclic) bond motifs is 1. The van der Waals surface area contributed by atoms with E-state index in [4.69, 9.17) is 4.42 Å². The van der Waals surface area contributed by atoms with Gasteiger partial charge in [-0.25, -0.2) is 4.79 Å². The first-order valence-electron chi connectivity index (χ1n) is 3.44. The summed E-state index contributed by atoms with van der Waals surface area (Å²) in [7, 11) is 0. The topological polar surface area (TPSA) is 30.2 Å². The smallest absolute Gasteiger partial charge is 0.343 e. The van der Waals surface area contributed by atoms with Gasteiger partial charge in [-0.15, -0.1) is 0 Å². The molecule has 2 rings (SSSR count). The quantitative estimate of drug-likeness (QED) is 0.689. The van der Waals surface area contributed by atoms with Crippen molar-refractivity contribution in [1.82, 2.24) is 0 Å². The Kier molecular flexibility index (Phi) is 1.88. The van der Waals surface area contributed by atoms with E-state index in [1.54, 1.807) is 6.07 Å². The van der Waals surface area contributed by atoms with Crippen molar-refractivity contribution >= 4 is 33.4 Å². The molecular weight excluding hydrogens is 267 g/mol. The molecule has 0 atom stereocenters. The Morgan fingerprint density at radius 3 is 2.92 bits per heavy atom. The van der Waals surface area contributed by atoms with Gasteiger partial charge in [0.1, 0.15) is 0 Å². The van der Waals surface area contributed by atoms with E-state index in [1.165, 1.54) is 6.26 Å². The second-order valence-corrected chi connectivity index (χ2v) is 3.69. The molecule has 0 aliphatic rings. The summed E-state index contributed by atoms with van der Waals surface area (Å²) in [5.41, 5.74) is -0.272. The summed E-state index contributed by atoms with van der Waals surface area (Å²) < 4.78 is 5.78. The Morgan fingerprint density at radius 1 is 1.25 bits per heavy atom. The van der Waals surface area contributed by atoms with E-state index >= 15 is 0 Å². The number of halogens is 1. The lowest BCUT2D eigenvalue weighted by Gasteiger charge is -1.94. The maximum Gasteiger partial charge on any atom is 0.343 e. The third-order valence-electron chi connectivity index (χ3n) is 1.66. The molecule has 1 heterocycles. The summed E-state index contributed by atoms with van der Waals surface area (Å²) in [6, 6.07) is 7.48. The van der Waals surface area contributed by atoms with Gasteiger partial charge in [0.25, 0.3) is 0 Å². The van der Waals surface area contributed by atoms with Crippen LogP contribution in [-0.4, -0.2) is 0 Å². The predicted octanol–water partition coefficient (Wildman–Crippen LogP) is 2.40. The highest BCUT2D eigenvalue weighted by Gasteiger charge is 1.98. The minimum absolute atomic E-state index is 0.272. The molecule has 3 heteroatoms. The highest BCUT2D eigenvalue weighted by Crippen LogP contribution is 2.13. The minimum atomic E-state index is -0.272. The summed E-state index contributed by atoms with van der Waals surface area (Å²) in [5.74, 6) is 0. The molecule has 0 bridgehead atoms. The fourth-order valence-electron chi connectivity index (χ4n) is 1.08. The molecule has 0 saturated carbocycles. The molecule has 12 heavy (non-hydrogen) atoms. The first-order chi connectivity index (χ1) is 5.77. The SMILES string of the molecule is O=c1occc2ccc(I)cc12. The van der Waals surface area contributed by atoms with Gasteiger partial charge < -0.3 is 4.42 Å². The number of benzene rings is 1. The van der Waals surface area contributed by atoms with Gasteiger partial charge in [0.05, 0.1) is 11.6 Å². The van der Waals surface area contributed by atoms with Gasteiger partial charge >= 0.3 is 5.63 Å². The fraction of sp³-hybridized carbons (Fsp3) is 0. The van der Waals surface area contributed by atoms with Crippen LogP contribution in [0.4, 0.5) is 0 Å². The van der Waals surface area contributed by atoms with Crippen LogP contribution in [0.25, 0.3) is 10.8 Å². The van der Waals surface area contributed by atoms with Crippen molar-refractivity contribution in [2.75, 3.05) is 0 Å². The molecule has 2 nitrogen and oxygen atoms in total. The van der Waals surface area contributed by atoms with E-state index in [0.29, 0.717) is 5.39 Å². The molecule has 0 aliphatic heterocycles. The second kappa shape index (κ2) is 2.90. The van der Waals surface area contributed by atoms with Crippen LogP contribution in [-0.2, 0) is 0 Å². The van der Waals surface area contributed by atoms with Gasteiger partial charge in [0, 0.05) is 3.57 Å². The van der Waals surface area contributed by atoms with Crippen molar-refractivity contribution in [3.05, 3.63) is 44.5 Å². The van der Waals surface area contributed by atoms with Crippen LogP contribution in [0.1, 0.15) is 0 Å². The lowest BCUT2D eigenvalue weighted by atomic mass is 10.2. The first kappa shape index (κ1) is 7.79. The number of hydrogen-bond donors (Lipinski definition) is 0. The first-order valence-corrected chi connectivity index (χ1v) is 4.52. The molecule has 2 aromatic rings. The van der Waals surface area contributed by atoms with Crippen molar-refractivity contribution in [2.24, 2.45) is 0 Å². The molecule has 0 N–H and O–H groups in total. The van der Waals surface area contributed by atoms with Gasteiger partial charge in [-0.2, -0.15) is 0 Å². The van der Waals surface area contributed by atoms with Crippen LogP contribution >= 0.6 is 22.6 Å². The van der Waals surface area contributed by atoms with E-state index in [9.17, 15) is 4.79 Å². The van der Waals surface area contributed by atoms with Gasteiger partial charge in [0.2, 0.25) is 0 Å². The van der Waals surface area contributed by atoms with Crippen LogP contribution in [0.2, 0.25) is 0 Å². The molecule has 0 spiro atoms. The lowest BCUT2D eigenvalue weighted by molar-refractivity contribution is 0.519. The molecule has 0 fully saturated rings. The normalized spacial score (nSPS) is 10.4. The lowest BCUT2D eigenvalue weighted by Crippen LogP contribution is -1.97. The zero-order valence-corrected chi connectivity index (χ0v) is 8.24. The van der Waals surface area contributed by atoms with Crippen LogP contribution in [0, 0.1) is 3.57 Å². The largest absolute Gasteiger partial charge is 0.431 e.